The molecule has 0 spiro atoms. The van der Waals surface area contributed by atoms with Gasteiger partial charge in [-0.15, -0.1) is 10.2 Å². The predicted octanol–water partition coefficient (Wildman–Crippen LogP) is 1.02. The molecule has 0 saturated carbocycles. The molecule has 2 N–H and O–H groups in total. The highest BCUT2D eigenvalue weighted by atomic mass is 32.1. The van der Waals surface area contributed by atoms with E-state index in [1.165, 1.54) is 11.3 Å². The van der Waals surface area contributed by atoms with Gasteiger partial charge in [-0.3, -0.25) is 9.78 Å². The first-order valence-electron chi connectivity index (χ1n) is 4.77. The van der Waals surface area contributed by atoms with Crippen LogP contribution in [0.2, 0.25) is 0 Å². The Morgan fingerprint density at radius 3 is 2.75 bits per heavy atom. The molecule has 6 heteroatoms. The highest BCUT2D eigenvalue weighted by Gasteiger charge is 2.07. The summed E-state index contributed by atoms with van der Waals surface area (Å²) in [6.45, 7) is 0. The minimum absolute atomic E-state index is 0.310. The van der Waals surface area contributed by atoms with Crippen molar-refractivity contribution in [2.45, 2.75) is 12.8 Å². The topological polar surface area (TPSA) is 81.8 Å². The van der Waals surface area contributed by atoms with Crippen LogP contribution in [0.15, 0.2) is 24.5 Å². The number of hydrogen-bond acceptors (Lipinski definition) is 5. The third kappa shape index (κ3) is 2.60. The number of nitrogens with zero attached hydrogens (tertiary/aromatic N) is 3. The van der Waals surface area contributed by atoms with E-state index in [-0.39, 0.29) is 5.91 Å². The zero-order chi connectivity index (χ0) is 11.4. The molecule has 2 rings (SSSR count). The number of pyridine rings is 1. The number of amides is 1. The third-order valence-electron chi connectivity index (χ3n) is 1.98. The van der Waals surface area contributed by atoms with Crippen LogP contribution in [-0.4, -0.2) is 21.1 Å². The fourth-order valence-electron chi connectivity index (χ4n) is 1.20. The summed E-state index contributed by atoms with van der Waals surface area (Å²) in [5.74, 6) is -0.319. The molecule has 0 aliphatic heterocycles. The molecule has 0 fully saturated rings. The Morgan fingerprint density at radius 2 is 2.06 bits per heavy atom. The maximum atomic E-state index is 10.6. The maximum Gasteiger partial charge on any atom is 0.217 e. The molecule has 0 radical (unpaired) electrons. The van der Waals surface area contributed by atoms with E-state index < -0.39 is 0 Å². The Balaban J connectivity index is 2.11. The molecule has 0 aliphatic rings. The van der Waals surface area contributed by atoms with Gasteiger partial charge in [-0.2, -0.15) is 0 Å². The first kappa shape index (κ1) is 10.7. The number of primary amides is 1. The first-order valence-corrected chi connectivity index (χ1v) is 5.58. The Labute approximate surface area is 96.4 Å². The minimum Gasteiger partial charge on any atom is -0.370 e. The minimum atomic E-state index is -0.319. The number of carbonyl (C=O) groups excluding carboxylic acids is 1. The Bertz CT molecular complexity index is 483. The summed E-state index contributed by atoms with van der Waals surface area (Å²) in [6, 6.07) is 3.75. The molecule has 5 nitrogen and oxygen atoms in total. The van der Waals surface area contributed by atoms with E-state index in [0.717, 1.165) is 15.6 Å². The van der Waals surface area contributed by atoms with E-state index in [9.17, 15) is 4.79 Å². The normalized spacial score (nSPS) is 10.2. The second-order valence-corrected chi connectivity index (χ2v) is 4.27. The van der Waals surface area contributed by atoms with Crippen LogP contribution in [0.4, 0.5) is 0 Å². The van der Waals surface area contributed by atoms with Gasteiger partial charge in [0, 0.05) is 30.8 Å². The number of nitrogens with two attached hydrogens (primary N) is 1. The van der Waals surface area contributed by atoms with Gasteiger partial charge in [0.1, 0.15) is 10.0 Å². The predicted molar refractivity (Wildman–Crippen MR) is 60.7 cm³/mol. The summed E-state index contributed by atoms with van der Waals surface area (Å²) in [7, 11) is 0. The molecule has 16 heavy (non-hydrogen) atoms. The van der Waals surface area contributed by atoms with Crippen molar-refractivity contribution in [2.75, 3.05) is 0 Å². The molecule has 2 aromatic heterocycles. The van der Waals surface area contributed by atoms with Gasteiger partial charge < -0.3 is 5.73 Å². The van der Waals surface area contributed by atoms with Gasteiger partial charge in [-0.25, -0.2) is 0 Å². The van der Waals surface area contributed by atoms with Crippen molar-refractivity contribution in [1.29, 1.82) is 0 Å². The van der Waals surface area contributed by atoms with Crippen molar-refractivity contribution in [3.63, 3.8) is 0 Å². The molecule has 0 unspecified atom stereocenters. The van der Waals surface area contributed by atoms with Crippen molar-refractivity contribution in [2.24, 2.45) is 5.73 Å². The highest BCUT2D eigenvalue weighted by Crippen LogP contribution is 2.22. The summed E-state index contributed by atoms with van der Waals surface area (Å²) >= 11 is 1.47. The molecule has 0 atom stereocenters. The van der Waals surface area contributed by atoms with E-state index >= 15 is 0 Å². The second kappa shape index (κ2) is 4.80. The van der Waals surface area contributed by atoms with Crippen molar-refractivity contribution in [3.8, 4) is 10.6 Å². The van der Waals surface area contributed by atoms with E-state index in [1.807, 2.05) is 12.1 Å². The smallest absolute Gasteiger partial charge is 0.217 e. The summed E-state index contributed by atoms with van der Waals surface area (Å²) in [5, 5.41) is 9.72. The molecule has 0 bridgehead atoms. The van der Waals surface area contributed by atoms with Gasteiger partial charge in [0.2, 0.25) is 5.91 Å². The molecule has 1 amide bonds. The zero-order valence-corrected chi connectivity index (χ0v) is 9.28. The lowest BCUT2D eigenvalue weighted by atomic mass is 10.3. The summed E-state index contributed by atoms with van der Waals surface area (Å²) in [4.78, 5) is 14.6. The first-order chi connectivity index (χ1) is 7.75. The van der Waals surface area contributed by atoms with Crippen LogP contribution in [0.3, 0.4) is 0 Å². The third-order valence-corrected chi connectivity index (χ3v) is 3.01. The fourth-order valence-corrected chi connectivity index (χ4v) is 2.04. The van der Waals surface area contributed by atoms with Gasteiger partial charge in [-0.05, 0) is 12.1 Å². The standard InChI is InChI=1S/C10H10N4OS/c11-8(15)1-2-9-13-14-10(16-9)7-3-5-12-6-4-7/h3-6H,1-2H2,(H2,11,15). The highest BCUT2D eigenvalue weighted by molar-refractivity contribution is 7.14. The van der Waals surface area contributed by atoms with E-state index in [0.29, 0.717) is 12.8 Å². The molecular weight excluding hydrogens is 224 g/mol. The van der Waals surface area contributed by atoms with Crippen molar-refractivity contribution >= 4 is 17.2 Å². The van der Waals surface area contributed by atoms with Gasteiger partial charge in [0.25, 0.3) is 0 Å². The molecule has 0 aromatic carbocycles. The number of rotatable bonds is 4. The quantitative estimate of drug-likeness (QED) is 0.856. The van der Waals surface area contributed by atoms with Gasteiger partial charge in [-0.1, -0.05) is 11.3 Å². The average Bonchev–Trinajstić information content (AvgIpc) is 2.76. The van der Waals surface area contributed by atoms with Gasteiger partial charge in [0.05, 0.1) is 0 Å². The maximum absolute atomic E-state index is 10.6. The molecular formula is C10H10N4OS. The van der Waals surface area contributed by atoms with Crippen molar-refractivity contribution < 1.29 is 4.79 Å². The fraction of sp³-hybridized carbons (Fsp3) is 0.200. The van der Waals surface area contributed by atoms with Crippen LogP contribution < -0.4 is 5.73 Å². The molecule has 2 aromatic rings. The summed E-state index contributed by atoms with van der Waals surface area (Å²) in [5.41, 5.74) is 6.05. The number of hydrogen-bond donors (Lipinski definition) is 1. The molecule has 82 valence electrons. The van der Waals surface area contributed by atoms with E-state index in [1.54, 1.807) is 12.4 Å². The number of aryl methyl sites for hydroxylation is 1. The van der Waals surface area contributed by atoms with Crippen molar-refractivity contribution in [3.05, 3.63) is 29.5 Å². The monoisotopic (exact) mass is 234 g/mol. The summed E-state index contributed by atoms with van der Waals surface area (Å²) < 4.78 is 0. The van der Waals surface area contributed by atoms with Crippen LogP contribution >= 0.6 is 11.3 Å². The van der Waals surface area contributed by atoms with E-state index in [2.05, 4.69) is 15.2 Å². The Morgan fingerprint density at radius 1 is 1.31 bits per heavy atom. The lowest BCUT2D eigenvalue weighted by Gasteiger charge is -1.91. The SMILES string of the molecule is NC(=O)CCc1nnc(-c2ccncc2)s1. The van der Waals surface area contributed by atoms with Crippen LogP contribution in [0.1, 0.15) is 11.4 Å². The van der Waals surface area contributed by atoms with Crippen molar-refractivity contribution in [1.82, 2.24) is 15.2 Å². The lowest BCUT2D eigenvalue weighted by Crippen LogP contribution is -2.10. The van der Waals surface area contributed by atoms with Crippen LogP contribution in [0.25, 0.3) is 10.6 Å². The van der Waals surface area contributed by atoms with Crippen LogP contribution in [0, 0.1) is 0 Å². The molecule has 0 aliphatic carbocycles. The van der Waals surface area contributed by atoms with Crippen LogP contribution in [-0.2, 0) is 11.2 Å². The second-order valence-electron chi connectivity index (χ2n) is 3.20. The Kier molecular flexibility index (Phi) is 3.21. The van der Waals surface area contributed by atoms with E-state index in [4.69, 9.17) is 5.73 Å². The lowest BCUT2D eigenvalue weighted by molar-refractivity contribution is -0.117. The molecule has 2 heterocycles. The molecule has 0 saturated heterocycles. The largest absolute Gasteiger partial charge is 0.370 e. The number of carbonyl (C=O) groups is 1. The Hall–Kier alpha value is -1.82. The van der Waals surface area contributed by atoms with Gasteiger partial charge >= 0.3 is 0 Å². The number of aromatic nitrogens is 3. The van der Waals surface area contributed by atoms with Crippen LogP contribution in [0.5, 0.6) is 0 Å². The average molecular weight is 234 g/mol. The zero-order valence-electron chi connectivity index (χ0n) is 8.46. The van der Waals surface area contributed by atoms with Gasteiger partial charge in [0.15, 0.2) is 0 Å². The summed E-state index contributed by atoms with van der Waals surface area (Å²) in [6.07, 6.45) is 4.28.